The van der Waals surface area contributed by atoms with Crippen LogP contribution in [0.1, 0.15) is 63.1 Å². The normalized spacial score (nSPS) is 12.6. The highest BCUT2D eigenvalue weighted by atomic mass is 19.4. The number of halogens is 3. The Labute approximate surface area is 162 Å². The molecule has 1 aromatic rings. The summed E-state index contributed by atoms with van der Waals surface area (Å²) >= 11 is 0. The minimum absolute atomic E-state index is 0.0716. The number of carbonyl (C=O) groups is 1. The van der Waals surface area contributed by atoms with E-state index in [4.69, 9.17) is 0 Å². The van der Waals surface area contributed by atoms with Gasteiger partial charge in [-0.05, 0) is 37.0 Å². The molecule has 1 amide bonds. The SMILES string of the molecule is CCCC(O)(C#Cc1cccc(C(CCNC(=O)C(F)(F)F)N=O)c1)CCC. The van der Waals surface area contributed by atoms with Gasteiger partial charge in [-0.1, -0.05) is 55.8 Å². The van der Waals surface area contributed by atoms with Crippen molar-refractivity contribution in [2.45, 2.75) is 63.8 Å². The molecule has 1 atom stereocenters. The van der Waals surface area contributed by atoms with E-state index in [1.54, 1.807) is 29.6 Å². The summed E-state index contributed by atoms with van der Waals surface area (Å²) in [6.07, 6.45) is -2.38. The summed E-state index contributed by atoms with van der Waals surface area (Å²) in [4.78, 5) is 21.9. The average Bonchev–Trinajstić information content (AvgIpc) is 2.63. The molecule has 0 aromatic heterocycles. The number of amides is 1. The van der Waals surface area contributed by atoms with Crippen LogP contribution in [-0.4, -0.2) is 29.3 Å². The van der Waals surface area contributed by atoms with Gasteiger partial charge in [-0.2, -0.15) is 18.1 Å². The van der Waals surface area contributed by atoms with E-state index in [9.17, 15) is 28.0 Å². The number of benzene rings is 1. The number of aliphatic hydroxyl groups is 1. The first-order chi connectivity index (χ1) is 13.1. The predicted molar refractivity (Wildman–Crippen MR) is 100 cm³/mol. The zero-order chi connectivity index (χ0) is 21.2. The van der Waals surface area contributed by atoms with E-state index in [1.165, 1.54) is 0 Å². The van der Waals surface area contributed by atoms with Crippen molar-refractivity contribution in [1.29, 1.82) is 0 Å². The van der Waals surface area contributed by atoms with Crippen molar-refractivity contribution in [2.24, 2.45) is 5.18 Å². The highest BCUT2D eigenvalue weighted by Gasteiger charge is 2.38. The minimum Gasteiger partial charge on any atom is -0.378 e. The van der Waals surface area contributed by atoms with Crippen LogP contribution in [0.15, 0.2) is 29.4 Å². The summed E-state index contributed by atoms with van der Waals surface area (Å²) in [5.74, 6) is 3.74. The molecule has 1 aromatic carbocycles. The Bertz CT molecular complexity index is 717. The topological polar surface area (TPSA) is 78.8 Å². The maximum atomic E-state index is 12.2. The zero-order valence-corrected chi connectivity index (χ0v) is 16.0. The Hall–Kier alpha value is -2.40. The Morgan fingerprint density at radius 2 is 1.89 bits per heavy atom. The number of rotatable bonds is 9. The maximum absolute atomic E-state index is 12.2. The third kappa shape index (κ3) is 7.69. The second-order valence-corrected chi connectivity index (χ2v) is 6.57. The number of nitrogens with zero attached hydrogens (tertiary/aromatic N) is 1. The fourth-order valence-electron chi connectivity index (χ4n) is 2.79. The summed E-state index contributed by atoms with van der Waals surface area (Å²) in [7, 11) is 0. The van der Waals surface area contributed by atoms with Gasteiger partial charge in [0.1, 0.15) is 11.6 Å². The van der Waals surface area contributed by atoms with Gasteiger partial charge in [0.15, 0.2) is 0 Å². The van der Waals surface area contributed by atoms with E-state index in [0.717, 1.165) is 12.8 Å². The molecule has 0 aliphatic heterocycles. The van der Waals surface area contributed by atoms with Crippen LogP contribution < -0.4 is 5.32 Å². The van der Waals surface area contributed by atoms with Gasteiger partial charge in [0.25, 0.3) is 0 Å². The second-order valence-electron chi connectivity index (χ2n) is 6.57. The molecule has 1 unspecified atom stereocenters. The van der Waals surface area contributed by atoms with Crippen molar-refractivity contribution < 1.29 is 23.1 Å². The Morgan fingerprint density at radius 3 is 2.43 bits per heavy atom. The molecule has 0 radical (unpaired) electrons. The quantitative estimate of drug-likeness (QED) is 0.482. The molecule has 0 heterocycles. The largest absolute Gasteiger partial charge is 0.471 e. The molecule has 2 N–H and O–H groups in total. The Kier molecular flexibility index (Phi) is 9.13. The van der Waals surface area contributed by atoms with E-state index in [-0.39, 0.29) is 13.0 Å². The van der Waals surface area contributed by atoms with Gasteiger partial charge >= 0.3 is 12.1 Å². The lowest BCUT2D eigenvalue weighted by Crippen LogP contribution is -2.37. The molecule has 5 nitrogen and oxygen atoms in total. The number of hydrogen-bond donors (Lipinski definition) is 2. The van der Waals surface area contributed by atoms with Crippen LogP contribution in [-0.2, 0) is 4.79 Å². The summed E-state index contributed by atoms with van der Waals surface area (Å²) < 4.78 is 36.6. The first-order valence-electron chi connectivity index (χ1n) is 9.18. The number of nitroso groups, excluding NO2 is 1. The monoisotopic (exact) mass is 398 g/mol. The van der Waals surface area contributed by atoms with Gasteiger partial charge in [-0.15, -0.1) is 0 Å². The van der Waals surface area contributed by atoms with E-state index in [1.807, 2.05) is 13.8 Å². The smallest absolute Gasteiger partial charge is 0.378 e. The first-order valence-corrected chi connectivity index (χ1v) is 9.18. The van der Waals surface area contributed by atoms with Crippen molar-refractivity contribution in [3.05, 3.63) is 40.3 Å². The minimum atomic E-state index is -4.96. The van der Waals surface area contributed by atoms with Gasteiger partial charge in [0.05, 0.1) is 0 Å². The Balaban J connectivity index is 2.86. The van der Waals surface area contributed by atoms with Gasteiger partial charge in [-0.25, -0.2) is 0 Å². The molecule has 154 valence electrons. The van der Waals surface area contributed by atoms with Crippen LogP contribution in [0.5, 0.6) is 0 Å². The lowest BCUT2D eigenvalue weighted by atomic mass is 9.93. The van der Waals surface area contributed by atoms with Crippen LogP contribution in [0.3, 0.4) is 0 Å². The summed E-state index contributed by atoms with van der Waals surface area (Å²) in [5.41, 5.74) is -0.0300. The van der Waals surface area contributed by atoms with E-state index >= 15 is 0 Å². The van der Waals surface area contributed by atoms with E-state index in [2.05, 4.69) is 17.0 Å². The molecule has 0 aliphatic carbocycles. The van der Waals surface area contributed by atoms with Crippen LogP contribution in [0.25, 0.3) is 0 Å². The summed E-state index contributed by atoms with van der Waals surface area (Å²) in [6.45, 7) is 3.58. The fraction of sp³-hybridized carbons (Fsp3) is 0.550. The van der Waals surface area contributed by atoms with Crippen molar-refractivity contribution in [3.8, 4) is 11.8 Å². The number of carbonyl (C=O) groups excluding carboxylic acids is 1. The summed E-state index contributed by atoms with van der Waals surface area (Å²) in [6, 6.07) is 5.68. The lowest BCUT2D eigenvalue weighted by Gasteiger charge is -2.20. The lowest BCUT2D eigenvalue weighted by molar-refractivity contribution is -0.173. The summed E-state index contributed by atoms with van der Waals surface area (Å²) in [5, 5.41) is 15.2. The number of nitrogens with one attached hydrogen (secondary N) is 1. The molecule has 0 saturated carbocycles. The van der Waals surface area contributed by atoms with Crippen LogP contribution in [0.4, 0.5) is 13.2 Å². The predicted octanol–water partition coefficient (Wildman–Crippen LogP) is 4.25. The van der Waals surface area contributed by atoms with Crippen LogP contribution >= 0.6 is 0 Å². The maximum Gasteiger partial charge on any atom is 0.471 e. The first kappa shape index (κ1) is 23.6. The van der Waals surface area contributed by atoms with Crippen LogP contribution in [0, 0.1) is 16.7 Å². The number of hydrogen-bond acceptors (Lipinski definition) is 4. The number of alkyl halides is 3. The Morgan fingerprint density at radius 1 is 1.25 bits per heavy atom. The molecule has 0 spiro atoms. The average molecular weight is 398 g/mol. The standard InChI is InChI=1S/C20H25F3N2O3/c1-3-10-19(27,11-4-2)12-8-15-6-5-7-16(14-15)17(25-28)9-13-24-18(26)20(21,22)23/h5-7,14,17,27H,3-4,9-11,13H2,1-2H3,(H,24,26). The fourth-order valence-corrected chi connectivity index (χ4v) is 2.79. The van der Waals surface area contributed by atoms with Gasteiger partial charge in [0, 0.05) is 12.1 Å². The second kappa shape index (κ2) is 10.8. The van der Waals surface area contributed by atoms with Gasteiger partial charge < -0.3 is 10.4 Å². The third-order valence-corrected chi connectivity index (χ3v) is 4.13. The third-order valence-electron chi connectivity index (χ3n) is 4.13. The van der Waals surface area contributed by atoms with Gasteiger partial charge in [0.2, 0.25) is 0 Å². The molecule has 0 fully saturated rings. The van der Waals surface area contributed by atoms with Crippen LogP contribution in [0.2, 0.25) is 0 Å². The molecule has 0 bridgehead atoms. The highest BCUT2D eigenvalue weighted by Crippen LogP contribution is 2.23. The van der Waals surface area contributed by atoms with E-state index in [0.29, 0.717) is 24.0 Å². The van der Waals surface area contributed by atoms with Crippen molar-refractivity contribution in [1.82, 2.24) is 5.32 Å². The molecule has 1 rings (SSSR count). The molecular weight excluding hydrogens is 373 g/mol. The van der Waals surface area contributed by atoms with Gasteiger partial charge in [-0.3, -0.25) is 4.79 Å². The molecular formula is C20H25F3N2O3. The van der Waals surface area contributed by atoms with Crippen molar-refractivity contribution in [2.75, 3.05) is 6.54 Å². The molecule has 8 heteroatoms. The molecule has 28 heavy (non-hydrogen) atoms. The van der Waals surface area contributed by atoms with Crippen molar-refractivity contribution in [3.63, 3.8) is 0 Å². The highest BCUT2D eigenvalue weighted by molar-refractivity contribution is 5.81. The van der Waals surface area contributed by atoms with E-state index < -0.39 is 23.7 Å². The zero-order valence-electron chi connectivity index (χ0n) is 16.0. The molecule has 0 aliphatic rings. The van der Waals surface area contributed by atoms with Crippen molar-refractivity contribution >= 4 is 5.91 Å². The molecule has 0 saturated heterocycles.